The molecule has 0 saturated carbocycles. The van der Waals surface area contributed by atoms with Gasteiger partial charge in [0, 0.05) is 0 Å². The monoisotopic (exact) mass is 195 g/mol. The number of phenolic OH excluding ortho intramolecular Hbond substituents is 2. The molecule has 0 unspecified atom stereocenters. The van der Waals surface area contributed by atoms with Crippen LogP contribution in [0.3, 0.4) is 0 Å². The minimum atomic E-state index is -0.823. The highest BCUT2D eigenvalue weighted by molar-refractivity contribution is 5.87. The number of phenols is 2. The van der Waals surface area contributed by atoms with Crippen molar-refractivity contribution < 1.29 is 15.0 Å². The van der Waals surface area contributed by atoms with E-state index in [0.29, 0.717) is 0 Å². The van der Waals surface area contributed by atoms with Crippen LogP contribution < -0.4 is 11.2 Å². The number of aromatic hydroxyl groups is 2. The molecule has 0 aliphatic carbocycles. The Kier molecular flexibility index (Phi) is 2.90. The second kappa shape index (κ2) is 4.13. The fourth-order valence-corrected chi connectivity index (χ4v) is 0.834. The maximum absolute atomic E-state index is 10.2. The Morgan fingerprint density at radius 3 is 2.50 bits per heavy atom. The van der Waals surface area contributed by atoms with Gasteiger partial charge in [-0.15, -0.1) is 0 Å². The standard InChI is InChI=1S/C8H9N3O3/c9-8(14)11-10-4-5-6(12)2-1-3-7(5)13/h1-4,12-13H,(H3,9,11,14)/b10-4+. The third-order valence-corrected chi connectivity index (χ3v) is 1.43. The van der Waals surface area contributed by atoms with Gasteiger partial charge in [-0.25, -0.2) is 10.2 Å². The molecule has 0 aromatic heterocycles. The summed E-state index contributed by atoms with van der Waals surface area (Å²) in [5.74, 6) is -0.278. The number of hydrazone groups is 1. The Morgan fingerprint density at radius 1 is 1.43 bits per heavy atom. The zero-order valence-electron chi connectivity index (χ0n) is 7.14. The quantitative estimate of drug-likeness (QED) is 0.397. The zero-order valence-corrected chi connectivity index (χ0v) is 7.14. The molecule has 0 aliphatic heterocycles. The largest absolute Gasteiger partial charge is 0.507 e. The van der Waals surface area contributed by atoms with E-state index in [1.165, 1.54) is 18.2 Å². The smallest absolute Gasteiger partial charge is 0.332 e. The number of urea groups is 1. The van der Waals surface area contributed by atoms with Crippen molar-refractivity contribution in [3.63, 3.8) is 0 Å². The first-order chi connectivity index (χ1) is 6.61. The second-order valence-electron chi connectivity index (χ2n) is 2.44. The number of nitrogens with one attached hydrogen (secondary N) is 1. The molecule has 0 bridgehead atoms. The number of hydrogen-bond donors (Lipinski definition) is 4. The van der Waals surface area contributed by atoms with Gasteiger partial charge in [0.05, 0.1) is 11.8 Å². The molecule has 0 fully saturated rings. The van der Waals surface area contributed by atoms with E-state index >= 15 is 0 Å². The van der Waals surface area contributed by atoms with Crippen LogP contribution in [-0.4, -0.2) is 22.5 Å². The van der Waals surface area contributed by atoms with Gasteiger partial charge in [0.2, 0.25) is 0 Å². The van der Waals surface area contributed by atoms with Crippen molar-refractivity contribution in [3.05, 3.63) is 23.8 Å². The number of rotatable bonds is 2. The molecule has 6 nitrogen and oxygen atoms in total. The lowest BCUT2D eigenvalue weighted by atomic mass is 10.2. The Balaban J connectivity index is 2.85. The highest BCUT2D eigenvalue weighted by atomic mass is 16.3. The normalized spacial score (nSPS) is 10.3. The molecule has 0 aliphatic rings. The lowest BCUT2D eigenvalue weighted by molar-refractivity contribution is 0.249. The van der Waals surface area contributed by atoms with Crippen LogP contribution in [0, 0.1) is 0 Å². The van der Waals surface area contributed by atoms with E-state index < -0.39 is 6.03 Å². The SMILES string of the molecule is NC(=O)N/N=C/c1c(O)cccc1O. The molecule has 1 rings (SSSR count). The van der Waals surface area contributed by atoms with Crippen LogP contribution in [0.5, 0.6) is 11.5 Å². The van der Waals surface area contributed by atoms with E-state index in [2.05, 4.69) is 5.10 Å². The van der Waals surface area contributed by atoms with Crippen molar-refractivity contribution in [3.8, 4) is 11.5 Å². The van der Waals surface area contributed by atoms with Gasteiger partial charge in [-0.2, -0.15) is 5.10 Å². The summed E-state index contributed by atoms with van der Waals surface area (Å²) in [5.41, 5.74) is 6.79. The number of nitrogens with zero attached hydrogens (tertiary/aromatic N) is 1. The van der Waals surface area contributed by atoms with Crippen LogP contribution in [0.2, 0.25) is 0 Å². The van der Waals surface area contributed by atoms with E-state index in [-0.39, 0.29) is 17.1 Å². The summed E-state index contributed by atoms with van der Waals surface area (Å²) < 4.78 is 0. The van der Waals surface area contributed by atoms with Gasteiger partial charge in [-0.05, 0) is 12.1 Å². The number of carbonyl (C=O) groups is 1. The van der Waals surface area contributed by atoms with Crippen LogP contribution in [0.1, 0.15) is 5.56 Å². The maximum Gasteiger partial charge on any atom is 0.332 e. The predicted octanol–water partition coefficient (Wildman–Crippen LogP) is 0.1000. The number of amides is 2. The minimum absolute atomic E-state index is 0.112. The molecule has 74 valence electrons. The number of primary amides is 1. The van der Waals surface area contributed by atoms with E-state index in [1.54, 1.807) is 0 Å². The summed E-state index contributed by atoms with van der Waals surface area (Å²) in [6.45, 7) is 0. The number of nitrogens with two attached hydrogens (primary N) is 1. The molecule has 6 heteroatoms. The Hall–Kier alpha value is -2.24. The second-order valence-corrected chi connectivity index (χ2v) is 2.44. The Morgan fingerprint density at radius 2 is 2.00 bits per heavy atom. The number of benzene rings is 1. The van der Waals surface area contributed by atoms with E-state index in [4.69, 9.17) is 5.73 Å². The van der Waals surface area contributed by atoms with Crippen molar-refractivity contribution in [1.82, 2.24) is 5.43 Å². The number of hydrogen-bond acceptors (Lipinski definition) is 4. The van der Waals surface area contributed by atoms with Crippen molar-refractivity contribution in [2.24, 2.45) is 10.8 Å². The minimum Gasteiger partial charge on any atom is -0.507 e. The lowest BCUT2D eigenvalue weighted by Crippen LogP contribution is -2.24. The summed E-state index contributed by atoms with van der Waals surface area (Å²) in [5, 5.41) is 21.9. The zero-order chi connectivity index (χ0) is 10.6. The lowest BCUT2D eigenvalue weighted by Gasteiger charge is -2.00. The summed E-state index contributed by atoms with van der Waals surface area (Å²) in [6.07, 6.45) is 1.09. The average Bonchev–Trinajstić information content (AvgIpc) is 2.09. The molecule has 0 heterocycles. The molecule has 5 N–H and O–H groups in total. The van der Waals surface area contributed by atoms with Crippen molar-refractivity contribution >= 4 is 12.2 Å². The third kappa shape index (κ3) is 2.37. The van der Waals surface area contributed by atoms with Gasteiger partial charge in [0.25, 0.3) is 0 Å². The van der Waals surface area contributed by atoms with Gasteiger partial charge in [-0.3, -0.25) is 0 Å². The van der Waals surface area contributed by atoms with E-state index in [0.717, 1.165) is 6.21 Å². The summed E-state index contributed by atoms with van der Waals surface area (Å²) in [7, 11) is 0. The molecule has 0 atom stereocenters. The first-order valence-corrected chi connectivity index (χ1v) is 3.70. The van der Waals surface area contributed by atoms with Crippen LogP contribution in [0.15, 0.2) is 23.3 Å². The fraction of sp³-hybridized carbons (Fsp3) is 0. The maximum atomic E-state index is 10.2. The molecule has 0 saturated heterocycles. The molecule has 0 spiro atoms. The summed E-state index contributed by atoms with van der Waals surface area (Å²) in [6, 6.07) is 3.41. The molecule has 1 aromatic carbocycles. The highest BCUT2D eigenvalue weighted by Crippen LogP contribution is 2.23. The highest BCUT2D eigenvalue weighted by Gasteiger charge is 2.02. The summed E-state index contributed by atoms with van der Waals surface area (Å²) in [4.78, 5) is 10.2. The van der Waals surface area contributed by atoms with Gasteiger partial charge < -0.3 is 15.9 Å². The van der Waals surface area contributed by atoms with E-state index in [1.807, 2.05) is 5.43 Å². The molecule has 1 aromatic rings. The van der Waals surface area contributed by atoms with Gasteiger partial charge in [-0.1, -0.05) is 6.07 Å². The molecular weight excluding hydrogens is 186 g/mol. The molecular formula is C8H9N3O3. The van der Waals surface area contributed by atoms with E-state index in [9.17, 15) is 15.0 Å². The van der Waals surface area contributed by atoms with Crippen molar-refractivity contribution in [2.45, 2.75) is 0 Å². The van der Waals surface area contributed by atoms with Gasteiger partial charge in [0.1, 0.15) is 11.5 Å². The molecule has 14 heavy (non-hydrogen) atoms. The Bertz CT molecular complexity index is 356. The third-order valence-electron chi connectivity index (χ3n) is 1.43. The average molecular weight is 195 g/mol. The van der Waals surface area contributed by atoms with Gasteiger partial charge >= 0.3 is 6.03 Å². The predicted molar refractivity (Wildman–Crippen MR) is 50.1 cm³/mol. The fourth-order valence-electron chi connectivity index (χ4n) is 0.834. The van der Waals surface area contributed by atoms with Crippen molar-refractivity contribution in [1.29, 1.82) is 0 Å². The summed E-state index contributed by atoms with van der Waals surface area (Å²) >= 11 is 0. The van der Waals surface area contributed by atoms with Crippen molar-refractivity contribution in [2.75, 3.05) is 0 Å². The molecule has 0 radical (unpaired) electrons. The molecule has 2 amide bonds. The Labute approximate surface area is 79.7 Å². The van der Waals surface area contributed by atoms with Crippen LogP contribution in [0.25, 0.3) is 0 Å². The first-order valence-electron chi connectivity index (χ1n) is 3.70. The van der Waals surface area contributed by atoms with Gasteiger partial charge in [0.15, 0.2) is 0 Å². The van der Waals surface area contributed by atoms with Crippen LogP contribution >= 0.6 is 0 Å². The van der Waals surface area contributed by atoms with Crippen LogP contribution in [0.4, 0.5) is 4.79 Å². The number of carbonyl (C=O) groups excluding carboxylic acids is 1. The topological polar surface area (TPSA) is 108 Å². The van der Waals surface area contributed by atoms with Crippen LogP contribution in [-0.2, 0) is 0 Å². The first kappa shape index (κ1) is 9.85.